The molecule has 0 bridgehead atoms. The lowest BCUT2D eigenvalue weighted by Gasteiger charge is -2.02. The summed E-state index contributed by atoms with van der Waals surface area (Å²) in [5, 5.41) is 11.1. The minimum Gasteiger partial charge on any atom is -0.481 e. The number of carboxylic acid groups (broad SMARTS) is 1. The molecule has 2 N–H and O–H groups in total. The van der Waals surface area contributed by atoms with Crippen LogP contribution in [0.25, 0.3) is 0 Å². The maximum absolute atomic E-state index is 10.8. The highest BCUT2D eigenvalue weighted by Gasteiger charge is 1.97. The van der Waals surface area contributed by atoms with Gasteiger partial charge < -0.3 is 10.4 Å². The third-order valence-corrected chi connectivity index (χ3v) is 2.30. The first-order valence-electron chi connectivity index (χ1n) is 5.79. The number of unbranched alkanes of at least 4 members (excludes halogenated alkanes) is 5. The number of carbonyl (C=O) groups excluding carboxylic acids is 1. The third-order valence-electron chi connectivity index (χ3n) is 2.30. The average Bonchev–Trinajstić information content (AvgIpc) is 2.26. The first kappa shape index (κ1) is 14.7. The zero-order valence-corrected chi connectivity index (χ0v) is 9.71. The van der Waals surface area contributed by atoms with Gasteiger partial charge in [0.25, 0.3) is 0 Å². The molecule has 0 atom stereocenters. The van der Waals surface area contributed by atoms with E-state index in [1.807, 2.05) is 0 Å². The number of nitrogens with one attached hydrogen (secondary N) is 1. The largest absolute Gasteiger partial charge is 0.481 e. The Morgan fingerprint density at radius 2 is 1.62 bits per heavy atom. The fourth-order valence-electron chi connectivity index (χ4n) is 1.39. The summed E-state index contributed by atoms with van der Waals surface area (Å²) >= 11 is 0. The summed E-state index contributed by atoms with van der Waals surface area (Å²) in [4.78, 5) is 21.0. The van der Waals surface area contributed by atoms with Gasteiger partial charge in [0.2, 0.25) is 5.91 Å². The monoisotopic (exact) mass is 227 g/mol. The Hall–Kier alpha value is -1.32. The van der Waals surface area contributed by atoms with Crippen LogP contribution in [0.1, 0.15) is 44.9 Å². The summed E-state index contributed by atoms with van der Waals surface area (Å²) in [6.45, 7) is 4.06. The SMILES string of the molecule is C=CC(=O)NCCCCCCCCC(=O)O. The Morgan fingerprint density at radius 1 is 1.06 bits per heavy atom. The van der Waals surface area contributed by atoms with Crippen molar-refractivity contribution in [1.82, 2.24) is 5.32 Å². The minimum atomic E-state index is -0.716. The molecule has 0 aliphatic heterocycles. The predicted molar refractivity (Wildman–Crippen MR) is 63.2 cm³/mol. The summed E-state index contributed by atoms with van der Waals surface area (Å²) in [5.74, 6) is -0.839. The van der Waals surface area contributed by atoms with Crippen molar-refractivity contribution >= 4 is 11.9 Å². The summed E-state index contributed by atoms with van der Waals surface area (Å²) in [5.41, 5.74) is 0. The Balaban J connectivity index is 3.07. The predicted octanol–water partition coefficient (Wildman–Crippen LogP) is 2.10. The van der Waals surface area contributed by atoms with Crippen molar-refractivity contribution in [3.63, 3.8) is 0 Å². The molecule has 0 fully saturated rings. The van der Waals surface area contributed by atoms with Gasteiger partial charge in [0, 0.05) is 13.0 Å². The van der Waals surface area contributed by atoms with E-state index in [4.69, 9.17) is 5.11 Å². The fourth-order valence-corrected chi connectivity index (χ4v) is 1.39. The Morgan fingerprint density at radius 3 is 2.19 bits per heavy atom. The number of hydrogen-bond donors (Lipinski definition) is 2. The van der Waals surface area contributed by atoms with E-state index in [1.165, 1.54) is 6.08 Å². The number of amides is 1. The van der Waals surface area contributed by atoms with Crippen LogP contribution < -0.4 is 5.32 Å². The molecular formula is C12H21NO3. The van der Waals surface area contributed by atoms with Crippen LogP contribution in [-0.4, -0.2) is 23.5 Å². The van der Waals surface area contributed by atoms with E-state index in [1.54, 1.807) is 0 Å². The highest BCUT2D eigenvalue weighted by molar-refractivity contribution is 5.86. The van der Waals surface area contributed by atoms with Gasteiger partial charge in [-0.1, -0.05) is 32.3 Å². The highest BCUT2D eigenvalue weighted by Crippen LogP contribution is 2.06. The smallest absolute Gasteiger partial charge is 0.303 e. The fraction of sp³-hybridized carbons (Fsp3) is 0.667. The number of carboxylic acids is 1. The molecule has 0 unspecified atom stereocenters. The normalized spacial score (nSPS) is 9.75. The van der Waals surface area contributed by atoms with E-state index in [-0.39, 0.29) is 12.3 Å². The van der Waals surface area contributed by atoms with Crippen molar-refractivity contribution in [2.45, 2.75) is 44.9 Å². The van der Waals surface area contributed by atoms with Crippen LogP contribution in [0.4, 0.5) is 0 Å². The van der Waals surface area contributed by atoms with Crippen LogP contribution in [0.3, 0.4) is 0 Å². The quantitative estimate of drug-likeness (QED) is 0.443. The molecule has 92 valence electrons. The van der Waals surface area contributed by atoms with Crippen molar-refractivity contribution in [2.24, 2.45) is 0 Å². The van der Waals surface area contributed by atoms with E-state index in [2.05, 4.69) is 11.9 Å². The standard InChI is InChI=1S/C12H21NO3/c1-2-11(14)13-10-8-6-4-3-5-7-9-12(15)16/h2H,1,3-10H2,(H,13,14)(H,15,16). The zero-order chi connectivity index (χ0) is 12.2. The van der Waals surface area contributed by atoms with E-state index >= 15 is 0 Å². The lowest BCUT2D eigenvalue weighted by atomic mass is 10.1. The number of aliphatic carboxylic acids is 1. The van der Waals surface area contributed by atoms with Gasteiger partial charge in [0.05, 0.1) is 0 Å². The number of carbonyl (C=O) groups is 2. The van der Waals surface area contributed by atoms with Crippen LogP contribution in [-0.2, 0) is 9.59 Å². The minimum absolute atomic E-state index is 0.124. The van der Waals surface area contributed by atoms with Crippen molar-refractivity contribution in [3.05, 3.63) is 12.7 Å². The van der Waals surface area contributed by atoms with E-state index < -0.39 is 5.97 Å². The molecule has 0 aliphatic carbocycles. The second kappa shape index (κ2) is 10.2. The highest BCUT2D eigenvalue weighted by atomic mass is 16.4. The van der Waals surface area contributed by atoms with Crippen LogP contribution >= 0.6 is 0 Å². The molecule has 0 aromatic rings. The maximum atomic E-state index is 10.8. The van der Waals surface area contributed by atoms with Gasteiger partial charge in [-0.25, -0.2) is 0 Å². The summed E-state index contributed by atoms with van der Waals surface area (Å²) < 4.78 is 0. The first-order valence-corrected chi connectivity index (χ1v) is 5.79. The van der Waals surface area contributed by atoms with Gasteiger partial charge in [-0.3, -0.25) is 9.59 Å². The maximum Gasteiger partial charge on any atom is 0.303 e. The van der Waals surface area contributed by atoms with E-state index in [0.29, 0.717) is 6.54 Å². The molecule has 4 heteroatoms. The van der Waals surface area contributed by atoms with Crippen molar-refractivity contribution in [2.75, 3.05) is 6.54 Å². The third kappa shape index (κ3) is 10.8. The molecule has 0 spiro atoms. The Bertz CT molecular complexity index is 226. The number of rotatable bonds is 10. The topological polar surface area (TPSA) is 66.4 Å². The van der Waals surface area contributed by atoms with Crippen LogP contribution in [0.5, 0.6) is 0 Å². The summed E-state index contributed by atoms with van der Waals surface area (Å²) in [7, 11) is 0. The average molecular weight is 227 g/mol. The molecule has 4 nitrogen and oxygen atoms in total. The van der Waals surface area contributed by atoms with E-state index in [0.717, 1.165) is 38.5 Å². The zero-order valence-electron chi connectivity index (χ0n) is 9.71. The molecular weight excluding hydrogens is 206 g/mol. The lowest BCUT2D eigenvalue weighted by Crippen LogP contribution is -2.21. The van der Waals surface area contributed by atoms with Crippen LogP contribution in [0, 0.1) is 0 Å². The molecule has 0 aromatic heterocycles. The molecule has 0 heterocycles. The van der Waals surface area contributed by atoms with Crippen molar-refractivity contribution in [1.29, 1.82) is 0 Å². The molecule has 0 saturated carbocycles. The summed E-state index contributed by atoms with van der Waals surface area (Å²) in [6.07, 6.45) is 7.50. The van der Waals surface area contributed by atoms with Crippen molar-refractivity contribution < 1.29 is 14.7 Å². The summed E-state index contributed by atoms with van der Waals surface area (Å²) in [6, 6.07) is 0. The molecule has 0 aliphatic rings. The van der Waals surface area contributed by atoms with Gasteiger partial charge in [0.15, 0.2) is 0 Å². The van der Waals surface area contributed by atoms with Gasteiger partial charge in [-0.15, -0.1) is 0 Å². The number of hydrogen-bond acceptors (Lipinski definition) is 2. The van der Waals surface area contributed by atoms with Gasteiger partial charge in [-0.05, 0) is 18.9 Å². The van der Waals surface area contributed by atoms with Gasteiger partial charge in [-0.2, -0.15) is 0 Å². The molecule has 1 amide bonds. The second-order valence-electron chi connectivity index (χ2n) is 3.76. The van der Waals surface area contributed by atoms with Crippen LogP contribution in [0.2, 0.25) is 0 Å². The molecule has 0 radical (unpaired) electrons. The van der Waals surface area contributed by atoms with Crippen LogP contribution in [0.15, 0.2) is 12.7 Å². The van der Waals surface area contributed by atoms with Crippen molar-refractivity contribution in [3.8, 4) is 0 Å². The Labute approximate surface area is 96.7 Å². The van der Waals surface area contributed by atoms with Gasteiger partial charge in [0.1, 0.15) is 0 Å². The molecule has 16 heavy (non-hydrogen) atoms. The van der Waals surface area contributed by atoms with E-state index in [9.17, 15) is 9.59 Å². The molecule has 0 saturated heterocycles. The lowest BCUT2D eigenvalue weighted by molar-refractivity contribution is -0.137. The first-order chi connectivity index (χ1) is 7.66. The Kier molecular flexibility index (Phi) is 9.36. The molecule has 0 aromatic carbocycles. The second-order valence-corrected chi connectivity index (χ2v) is 3.76. The van der Waals surface area contributed by atoms with Gasteiger partial charge >= 0.3 is 5.97 Å². The molecule has 0 rings (SSSR count).